The number of halogens is 2. The molecule has 1 N–H and O–H groups in total. The normalized spacial score (nSPS) is 36.2. The number of carbonyl (C=O) groups excluding carboxylic acids is 1. The zero-order valence-electron chi connectivity index (χ0n) is 10.8. The number of nitrogens with one attached hydrogen (secondary N) is 1. The molecule has 3 saturated carbocycles. The Balaban J connectivity index is 1.43. The van der Waals surface area contributed by atoms with Crippen LogP contribution in [0, 0.1) is 11.3 Å². The monoisotopic (exact) mass is 279 g/mol. The molecular weight excluding hydrogens is 264 g/mol. The highest BCUT2D eigenvalue weighted by molar-refractivity contribution is 5.90. The average molecular weight is 279 g/mol. The van der Waals surface area contributed by atoms with E-state index < -0.39 is 6.61 Å². The summed E-state index contributed by atoms with van der Waals surface area (Å²) in [4.78, 5) is 12.0. The smallest absolute Gasteiger partial charge is 0.387 e. The number of rotatable bonds is 5. The second kappa shape index (κ2) is 3.93. The topological polar surface area (TPSA) is 38.3 Å². The summed E-state index contributed by atoms with van der Waals surface area (Å²) in [6.07, 6.45) is 2.86. The van der Waals surface area contributed by atoms with Crippen LogP contribution >= 0.6 is 0 Å². The van der Waals surface area contributed by atoms with Gasteiger partial charge in [-0.1, -0.05) is 18.2 Å². The van der Waals surface area contributed by atoms with Crippen molar-refractivity contribution in [3.05, 3.63) is 29.8 Å². The van der Waals surface area contributed by atoms with E-state index >= 15 is 0 Å². The van der Waals surface area contributed by atoms with Crippen LogP contribution in [-0.4, -0.2) is 18.6 Å². The molecule has 3 nitrogen and oxygen atoms in total. The summed E-state index contributed by atoms with van der Waals surface area (Å²) < 4.78 is 29.3. The molecule has 0 radical (unpaired) electrons. The summed E-state index contributed by atoms with van der Waals surface area (Å²) in [6.45, 7) is -2.82. The van der Waals surface area contributed by atoms with Crippen molar-refractivity contribution >= 4 is 5.91 Å². The number of ether oxygens (including phenoxy) is 1. The number of hydrogen-bond acceptors (Lipinski definition) is 2. The average Bonchev–Trinajstić information content (AvgIpc) is 3.23. The Morgan fingerprint density at radius 2 is 2.05 bits per heavy atom. The van der Waals surface area contributed by atoms with Crippen molar-refractivity contribution in [2.75, 3.05) is 0 Å². The first-order chi connectivity index (χ1) is 9.60. The highest BCUT2D eigenvalue weighted by Gasteiger charge is 2.74. The fourth-order valence-electron chi connectivity index (χ4n) is 3.07. The van der Waals surface area contributed by atoms with Gasteiger partial charge >= 0.3 is 6.61 Å². The lowest BCUT2D eigenvalue weighted by Gasteiger charge is -2.11. The van der Waals surface area contributed by atoms with Gasteiger partial charge < -0.3 is 10.1 Å². The van der Waals surface area contributed by atoms with Crippen LogP contribution in [0.25, 0.3) is 0 Å². The zero-order chi connectivity index (χ0) is 13.9. The van der Waals surface area contributed by atoms with Gasteiger partial charge in [0.2, 0.25) is 5.91 Å². The molecule has 0 aromatic heterocycles. The summed E-state index contributed by atoms with van der Waals surface area (Å²) in [6, 6.07) is 6.90. The van der Waals surface area contributed by atoms with Gasteiger partial charge in [0.15, 0.2) is 0 Å². The molecule has 4 rings (SSSR count). The van der Waals surface area contributed by atoms with Gasteiger partial charge in [0.25, 0.3) is 0 Å². The van der Waals surface area contributed by atoms with Crippen LogP contribution in [0.15, 0.2) is 24.3 Å². The molecule has 106 valence electrons. The molecule has 1 aromatic rings. The lowest BCUT2D eigenvalue weighted by Crippen LogP contribution is -2.30. The van der Waals surface area contributed by atoms with Crippen molar-refractivity contribution in [2.45, 2.75) is 37.8 Å². The SMILES string of the molecule is O=C(N[C@@H]1C[C@H]1c1ccccc1OC(F)F)C12CC1C2. The first-order valence-corrected chi connectivity index (χ1v) is 6.95. The minimum absolute atomic E-state index is 0.0356. The first-order valence-electron chi connectivity index (χ1n) is 6.95. The number of amides is 1. The van der Waals surface area contributed by atoms with Gasteiger partial charge in [0, 0.05) is 12.0 Å². The van der Waals surface area contributed by atoms with E-state index in [2.05, 4.69) is 10.1 Å². The van der Waals surface area contributed by atoms with Gasteiger partial charge in [-0.25, -0.2) is 0 Å². The molecule has 0 unspecified atom stereocenters. The van der Waals surface area contributed by atoms with E-state index in [0.717, 1.165) is 24.8 Å². The summed E-state index contributed by atoms with van der Waals surface area (Å²) >= 11 is 0. The van der Waals surface area contributed by atoms with Crippen molar-refractivity contribution in [3.8, 4) is 5.75 Å². The first kappa shape index (κ1) is 12.1. The zero-order valence-corrected chi connectivity index (χ0v) is 10.8. The molecule has 5 heteroatoms. The molecule has 1 amide bonds. The molecule has 0 aliphatic heterocycles. The van der Waals surface area contributed by atoms with E-state index in [9.17, 15) is 13.6 Å². The maximum Gasteiger partial charge on any atom is 0.387 e. The molecule has 3 aliphatic rings. The molecule has 0 spiro atoms. The van der Waals surface area contributed by atoms with Crippen LogP contribution < -0.4 is 10.1 Å². The van der Waals surface area contributed by atoms with Crippen LogP contribution in [0.4, 0.5) is 8.78 Å². The van der Waals surface area contributed by atoms with Crippen molar-refractivity contribution in [1.29, 1.82) is 0 Å². The quantitative estimate of drug-likeness (QED) is 0.900. The summed E-state index contributed by atoms with van der Waals surface area (Å²) in [5.74, 6) is 1.09. The summed E-state index contributed by atoms with van der Waals surface area (Å²) in [5.41, 5.74) is 0.727. The Kier molecular flexibility index (Phi) is 2.38. The van der Waals surface area contributed by atoms with Gasteiger partial charge in [-0.2, -0.15) is 8.78 Å². The molecular formula is C15H15F2NO2. The lowest BCUT2D eigenvalue weighted by atomic mass is 10.1. The predicted octanol–water partition coefficient (Wildman–Crippen LogP) is 2.67. The Hall–Kier alpha value is -1.65. The van der Waals surface area contributed by atoms with Crippen molar-refractivity contribution in [3.63, 3.8) is 0 Å². The van der Waals surface area contributed by atoms with E-state index in [1.165, 1.54) is 0 Å². The van der Waals surface area contributed by atoms with E-state index in [0.29, 0.717) is 5.92 Å². The molecule has 20 heavy (non-hydrogen) atoms. The Morgan fingerprint density at radius 1 is 1.35 bits per heavy atom. The van der Waals surface area contributed by atoms with Crippen LogP contribution in [0.5, 0.6) is 5.75 Å². The van der Waals surface area contributed by atoms with Crippen molar-refractivity contribution in [2.24, 2.45) is 11.3 Å². The number of carbonyl (C=O) groups is 1. The van der Waals surface area contributed by atoms with Crippen LogP contribution in [0.1, 0.15) is 30.7 Å². The van der Waals surface area contributed by atoms with E-state index in [1.807, 2.05) is 0 Å². The molecule has 0 saturated heterocycles. The largest absolute Gasteiger partial charge is 0.435 e. The van der Waals surface area contributed by atoms with Gasteiger partial charge in [0.05, 0.1) is 5.41 Å². The Labute approximate surface area is 115 Å². The molecule has 2 atom stereocenters. The lowest BCUT2D eigenvalue weighted by molar-refractivity contribution is -0.124. The van der Waals surface area contributed by atoms with E-state index in [1.54, 1.807) is 24.3 Å². The van der Waals surface area contributed by atoms with Crippen LogP contribution in [0.2, 0.25) is 0 Å². The van der Waals surface area contributed by atoms with E-state index in [4.69, 9.17) is 0 Å². The number of alkyl halides is 2. The number of hydrogen-bond donors (Lipinski definition) is 1. The predicted molar refractivity (Wildman–Crippen MR) is 67.5 cm³/mol. The maximum absolute atomic E-state index is 12.4. The second-order valence-corrected chi connectivity index (χ2v) is 6.10. The highest BCUT2D eigenvalue weighted by Crippen LogP contribution is 2.75. The molecule has 0 heterocycles. The number of benzene rings is 1. The van der Waals surface area contributed by atoms with Gasteiger partial charge in [-0.3, -0.25) is 4.79 Å². The third-order valence-electron chi connectivity index (χ3n) is 4.78. The highest BCUT2D eigenvalue weighted by atomic mass is 19.3. The molecule has 0 bridgehead atoms. The molecule has 1 aromatic carbocycles. The van der Waals surface area contributed by atoms with Crippen molar-refractivity contribution in [1.82, 2.24) is 5.32 Å². The minimum atomic E-state index is -2.82. The minimum Gasteiger partial charge on any atom is -0.435 e. The third-order valence-corrected chi connectivity index (χ3v) is 4.78. The summed E-state index contributed by atoms with van der Waals surface area (Å²) in [5, 5.41) is 3.05. The van der Waals surface area contributed by atoms with Crippen LogP contribution in [0.3, 0.4) is 0 Å². The van der Waals surface area contributed by atoms with Gasteiger partial charge in [0.1, 0.15) is 5.75 Å². The third kappa shape index (κ3) is 1.87. The Bertz CT molecular complexity index is 569. The fourth-order valence-corrected chi connectivity index (χ4v) is 3.07. The van der Waals surface area contributed by atoms with E-state index in [-0.39, 0.29) is 29.0 Å². The van der Waals surface area contributed by atoms with Crippen molar-refractivity contribution < 1.29 is 18.3 Å². The number of para-hydroxylation sites is 1. The van der Waals surface area contributed by atoms with Crippen LogP contribution in [-0.2, 0) is 4.79 Å². The summed E-state index contributed by atoms with van der Waals surface area (Å²) in [7, 11) is 0. The van der Waals surface area contributed by atoms with Gasteiger partial charge in [-0.15, -0.1) is 0 Å². The number of fused-ring (bicyclic) bond motifs is 1. The molecule has 3 fully saturated rings. The molecule has 3 aliphatic carbocycles. The standard InChI is InChI=1S/C15H15F2NO2/c16-14(17)20-12-4-2-1-3-9(12)10-5-11(10)18-13(19)15-6-8(15)7-15/h1-4,8,10-11,14H,5-7H2,(H,18,19)/t8?,10-,11+,15?/m0/s1. The fraction of sp³-hybridized carbons (Fsp3) is 0.533. The van der Waals surface area contributed by atoms with Gasteiger partial charge in [-0.05, 0) is 36.8 Å². The Morgan fingerprint density at radius 3 is 2.70 bits per heavy atom. The second-order valence-electron chi connectivity index (χ2n) is 6.10. The maximum atomic E-state index is 12.4.